The van der Waals surface area contributed by atoms with Crippen molar-refractivity contribution in [2.45, 2.75) is 32.2 Å². The lowest BCUT2D eigenvalue weighted by molar-refractivity contribution is 0.100. The topological polar surface area (TPSA) is 124 Å². The summed E-state index contributed by atoms with van der Waals surface area (Å²) in [6, 6.07) is 21.9. The summed E-state index contributed by atoms with van der Waals surface area (Å²) in [5.41, 5.74) is 17.3. The Balaban J connectivity index is 1.58. The van der Waals surface area contributed by atoms with E-state index in [9.17, 15) is 9.59 Å². The van der Waals surface area contributed by atoms with Crippen LogP contribution in [0.5, 0.6) is 0 Å². The number of guanidine groups is 1. The lowest BCUT2D eigenvalue weighted by Crippen LogP contribution is -2.34. The molecular weight excluding hydrogens is 532 g/mol. The van der Waals surface area contributed by atoms with Gasteiger partial charge in [0.2, 0.25) is 5.96 Å². The van der Waals surface area contributed by atoms with E-state index in [2.05, 4.69) is 49.6 Å². The quantitative estimate of drug-likeness (QED) is 0.169. The van der Waals surface area contributed by atoms with Crippen LogP contribution in [0.25, 0.3) is 5.57 Å². The minimum absolute atomic E-state index is 0.280. The van der Waals surface area contributed by atoms with Gasteiger partial charge in [0.25, 0.3) is 5.91 Å². The second-order valence-electron chi connectivity index (χ2n) is 8.63. The summed E-state index contributed by atoms with van der Waals surface area (Å²) in [6.45, 7) is 0.282. The van der Waals surface area contributed by atoms with Gasteiger partial charge in [0.1, 0.15) is 0 Å². The second-order valence-corrected chi connectivity index (χ2v) is 9.55. The van der Waals surface area contributed by atoms with Gasteiger partial charge in [0, 0.05) is 21.4 Å². The van der Waals surface area contributed by atoms with Crippen LogP contribution in [-0.4, -0.2) is 17.9 Å². The molecule has 8 nitrogen and oxygen atoms in total. The van der Waals surface area contributed by atoms with E-state index in [0.717, 1.165) is 28.6 Å². The van der Waals surface area contributed by atoms with Gasteiger partial charge in [-0.2, -0.15) is 4.99 Å². The first-order valence-electron chi connectivity index (χ1n) is 11.9. The highest BCUT2D eigenvalue weighted by atomic mass is 79.9. The van der Waals surface area contributed by atoms with Gasteiger partial charge in [-0.05, 0) is 84.8 Å². The first kappa shape index (κ1) is 26.0. The van der Waals surface area contributed by atoms with Crippen molar-refractivity contribution >= 4 is 50.8 Å². The van der Waals surface area contributed by atoms with Gasteiger partial charge in [-0.1, -0.05) is 52.3 Å². The molecule has 4 rings (SSSR count). The molecule has 0 radical (unpaired) electrons. The third-order valence-corrected chi connectivity index (χ3v) is 6.53. The van der Waals surface area contributed by atoms with Crippen molar-refractivity contribution < 1.29 is 9.59 Å². The molecule has 1 aliphatic rings. The number of carbonyl (C=O) groups is 2. The highest BCUT2D eigenvalue weighted by Gasteiger charge is 2.18. The number of amides is 3. The van der Waals surface area contributed by atoms with Crippen LogP contribution in [0, 0.1) is 5.53 Å². The maximum atomic E-state index is 13.4. The van der Waals surface area contributed by atoms with Crippen LogP contribution in [0.3, 0.4) is 0 Å². The van der Waals surface area contributed by atoms with Crippen LogP contribution >= 0.6 is 15.9 Å². The Bertz CT molecular complexity index is 1350. The summed E-state index contributed by atoms with van der Waals surface area (Å²) < 4.78 is 0.865. The van der Waals surface area contributed by atoms with Gasteiger partial charge in [-0.3, -0.25) is 9.69 Å². The van der Waals surface area contributed by atoms with Crippen LogP contribution in [-0.2, 0) is 6.54 Å². The highest BCUT2D eigenvalue weighted by Crippen LogP contribution is 2.29. The first-order valence-corrected chi connectivity index (χ1v) is 12.7. The Labute approximate surface area is 223 Å². The Hall–Kier alpha value is -4.11. The van der Waals surface area contributed by atoms with Crippen LogP contribution < -0.4 is 16.0 Å². The zero-order valence-corrected chi connectivity index (χ0v) is 21.7. The number of allylic oxidation sites excluding steroid dienone is 2. The molecule has 0 unspecified atom stereocenters. The average molecular weight is 559 g/mol. The van der Waals surface area contributed by atoms with Gasteiger partial charge in [-0.25, -0.2) is 10.3 Å². The summed E-state index contributed by atoms with van der Waals surface area (Å²) in [5.74, 6) is -0.992. The van der Waals surface area contributed by atoms with E-state index in [1.165, 1.54) is 24.0 Å². The molecule has 3 aromatic rings. The number of benzene rings is 3. The Morgan fingerprint density at radius 2 is 1.78 bits per heavy atom. The Kier molecular flexibility index (Phi) is 8.58. The van der Waals surface area contributed by atoms with Crippen LogP contribution in [0.15, 0.2) is 93.5 Å². The Morgan fingerprint density at radius 3 is 2.43 bits per heavy atom. The molecule has 3 aromatic carbocycles. The zero-order chi connectivity index (χ0) is 26.2. The molecule has 0 atom stereocenters. The molecule has 0 saturated carbocycles. The van der Waals surface area contributed by atoms with Gasteiger partial charge in [0.05, 0.1) is 6.54 Å². The van der Waals surface area contributed by atoms with E-state index in [1.807, 2.05) is 36.4 Å². The summed E-state index contributed by atoms with van der Waals surface area (Å²) in [5, 5.41) is 5.91. The number of rotatable bonds is 6. The van der Waals surface area contributed by atoms with Crippen LogP contribution in [0.1, 0.15) is 47.2 Å². The molecule has 0 heterocycles. The van der Waals surface area contributed by atoms with Gasteiger partial charge < -0.3 is 11.1 Å². The van der Waals surface area contributed by atoms with Crippen LogP contribution in [0.4, 0.5) is 16.2 Å². The number of hydrogen-bond donors (Lipinski definition) is 3. The lowest BCUT2D eigenvalue weighted by atomic mass is 9.93. The number of nitrogens with zero attached hydrogens (tertiary/aromatic N) is 3. The fourth-order valence-corrected chi connectivity index (χ4v) is 4.52. The molecule has 0 saturated heterocycles. The smallest absolute Gasteiger partial charge is 0.326 e. The molecule has 37 heavy (non-hydrogen) atoms. The maximum Gasteiger partial charge on any atom is 0.326 e. The third kappa shape index (κ3) is 6.98. The van der Waals surface area contributed by atoms with Crippen molar-refractivity contribution in [2.75, 3.05) is 10.2 Å². The van der Waals surface area contributed by atoms with Crippen molar-refractivity contribution in [3.8, 4) is 0 Å². The number of urea groups is 1. The molecule has 3 amide bonds. The molecule has 0 aliphatic heterocycles. The van der Waals surface area contributed by atoms with E-state index >= 15 is 0 Å². The van der Waals surface area contributed by atoms with Crippen molar-refractivity contribution in [1.82, 2.24) is 0 Å². The minimum atomic E-state index is -0.586. The maximum absolute atomic E-state index is 13.4. The predicted molar refractivity (Wildman–Crippen MR) is 150 cm³/mol. The molecular formula is C28H27BrN6O2. The minimum Gasteiger partial charge on any atom is -0.366 e. The van der Waals surface area contributed by atoms with E-state index in [4.69, 9.17) is 11.3 Å². The molecule has 0 bridgehead atoms. The van der Waals surface area contributed by atoms with Gasteiger partial charge in [0.15, 0.2) is 0 Å². The predicted octanol–water partition coefficient (Wildman–Crippen LogP) is 7.13. The van der Waals surface area contributed by atoms with Crippen molar-refractivity contribution in [2.24, 2.45) is 15.8 Å². The monoisotopic (exact) mass is 558 g/mol. The third-order valence-electron chi connectivity index (χ3n) is 6.03. The molecule has 188 valence electrons. The standard InChI is InChI=1S/C28H27BrN6O2/c29-23-7-4-8-24(17-23)32-28(37)35(25-15-13-21(14-16-25)20-5-2-1-3-6-20)18-19-9-11-22(12-10-19)26(36)33-27(30)34-31/h4-5,7-17,31H,1-3,6,18H2,(H,32,37)(H2,30,33,36). The van der Waals surface area contributed by atoms with Crippen molar-refractivity contribution in [3.05, 3.63) is 100 Å². The fraction of sp³-hybridized carbons (Fsp3) is 0.179. The summed E-state index contributed by atoms with van der Waals surface area (Å²) >= 11 is 3.44. The summed E-state index contributed by atoms with van der Waals surface area (Å²) in [7, 11) is 0. The highest BCUT2D eigenvalue weighted by molar-refractivity contribution is 9.10. The van der Waals surface area contributed by atoms with Crippen molar-refractivity contribution in [3.63, 3.8) is 0 Å². The van der Waals surface area contributed by atoms with Crippen molar-refractivity contribution in [1.29, 1.82) is 5.53 Å². The molecule has 0 fully saturated rings. The number of nitrogens with one attached hydrogen (secondary N) is 2. The number of hydrogen-bond acceptors (Lipinski definition) is 3. The van der Waals surface area contributed by atoms with E-state index in [0.29, 0.717) is 11.3 Å². The lowest BCUT2D eigenvalue weighted by Gasteiger charge is -2.24. The summed E-state index contributed by atoms with van der Waals surface area (Å²) in [6.07, 6.45) is 6.91. The zero-order valence-electron chi connectivity index (χ0n) is 20.2. The first-order chi connectivity index (χ1) is 17.9. The number of aliphatic imine (C=N–C) groups is 1. The molecule has 9 heteroatoms. The number of anilines is 2. The van der Waals surface area contributed by atoms with E-state index < -0.39 is 11.9 Å². The van der Waals surface area contributed by atoms with Gasteiger partial charge >= 0.3 is 6.03 Å². The summed E-state index contributed by atoms with van der Waals surface area (Å²) in [4.78, 5) is 30.8. The largest absolute Gasteiger partial charge is 0.366 e. The number of carbonyl (C=O) groups excluding carboxylic acids is 2. The van der Waals surface area contributed by atoms with E-state index in [1.54, 1.807) is 29.2 Å². The molecule has 1 aliphatic carbocycles. The average Bonchev–Trinajstić information content (AvgIpc) is 2.92. The van der Waals surface area contributed by atoms with E-state index in [-0.39, 0.29) is 12.6 Å². The van der Waals surface area contributed by atoms with Gasteiger partial charge in [-0.15, -0.1) is 5.11 Å². The second kappa shape index (κ2) is 12.2. The molecule has 4 N–H and O–H groups in total. The molecule has 0 spiro atoms. The normalized spacial score (nSPS) is 13.4. The number of halogens is 1. The number of nitrogens with two attached hydrogens (primary N) is 1. The fourth-order valence-electron chi connectivity index (χ4n) is 4.12. The van der Waals surface area contributed by atoms with Crippen LogP contribution in [0.2, 0.25) is 0 Å². The SMILES string of the molecule is N=NC(N)=NC(=O)c1ccc(CN(C(=O)Nc2cccc(Br)c2)c2ccc(C3=CCCCC3)cc2)cc1. The Morgan fingerprint density at radius 1 is 1.03 bits per heavy atom. The molecule has 0 aromatic heterocycles.